The molecule has 1 aliphatic rings. The van der Waals surface area contributed by atoms with Gasteiger partial charge in [-0.25, -0.2) is 0 Å². The summed E-state index contributed by atoms with van der Waals surface area (Å²) in [4.78, 5) is 30.7. The first-order valence-electron chi connectivity index (χ1n) is 14.7. The number of amides is 1. The molecule has 2 N–H and O–H groups in total. The van der Waals surface area contributed by atoms with Gasteiger partial charge in [-0.1, -0.05) is 54.1 Å². The number of pyridine rings is 1. The summed E-state index contributed by atoms with van der Waals surface area (Å²) >= 11 is 7.52. The van der Waals surface area contributed by atoms with Gasteiger partial charge >= 0.3 is 0 Å². The van der Waals surface area contributed by atoms with Gasteiger partial charge in [0.15, 0.2) is 6.29 Å². The maximum absolute atomic E-state index is 13.6. The highest BCUT2D eigenvalue weighted by atomic mass is 35.5. The number of rotatable bonds is 13. The molecular formula is C33H38ClN3O5S. The molecule has 2 aromatic heterocycles. The normalized spacial score (nSPS) is 16.0. The first-order chi connectivity index (χ1) is 20.9. The maximum Gasteiger partial charge on any atom is 0.257 e. The maximum atomic E-state index is 13.6. The number of hydrogen-bond acceptors (Lipinski definition) is 7. The van der Waals surface area contributed by atoms with Crippen LogP contribution in [0.3, 0.4) is 0 Å². The van der Waals surface area contributed by atoms with E-state index in [1.54, 1.807) is 18.3 Å². The largest absolute Gasteiger partial charge is 0.387 e. The van der Waals surface area contributed by atoms with E-state index >= 15 is 0 Å². The molecule has 0 bridgehead atoms. The number of ether oxygens (including phenoxy) is 2. The summed E-state index contributed by atoms with van der Waals surface area (Å²) in [5.41, 5.74) is 1.57. The quantitative estimate of drug-likeness (QED) is 0.184. The molecule has 8 nitrogen and oxygen atoms in total. The Hall–Kier alpha value is -3.05. The zero-order valence-electron chi connectivity index (χ0n) is 24.3. The van der Waals surface area contributed by atoms with E-state index in [2.05, 4.69) is 5.32 Å². The molecule has 1 fully saturated rings. The summed E-state index contributed by atoms with van der Waals surface area (Å²) in [6.07, 6.45) is 4.67. The SMILES string of the molecule is CN(Cc1cc2c(=O)c(C(=O)NCc3ccc(Cl)cc3)cn(CCCOC3CCCCO3)c2s1)C[C@@H](O)c1ccccc1. The molecule has 43 heavy (non-hydrogen) atoms. The van der Waals surface area contributed by atoms with E-state index in [-0.39, 0.29) is 23.8 Å². The molecule has 2 atom stereocenters. The average Bonchev–Trinajstić information content (AvgIpc) is 3.45. The number of halogens is 1. The number of thiophene rings is 1. The van der Waals surface area contributed by atoms with E-state index in [4.69, 9.17) is 21.1 Å². The molecule has 3 heterocycles. The Morgan fingerprint density at radius 1 is 1.21 bits per heavy atom. The van der Waals surface area contributed by atoms with Crippen molar-refractivity contribution < 1.29 is 19.4 Å². The summed E-state index contributed by atoms with van der Waals surface area (Å²) in [6, 6.07) is 18.7. The highest BCUT2D eigenvalue weighted by molar-refractivity contribution is 7.18. The van der Waals surface area contributed by atoms with Crippen LogP contribution in [0.4, 0.5) is 0 Å². The van der Waals surface area contributed by atoms with Crippen LogP contribution in [0.5, 0.6) is 0 Å². The topological polar surface area (TPSA) is 93.0 Å². The Morgan fingerprint density at radius 3 is 2.74 bits per heavy atom. The first kappa shape index (κ1) is 31.4. The zero-order chi connectivity index (χ0) is 30.2. The number of aliphatic hydroxyl groups excluding tert-OH is 1. The Balaban J connectivity index is 1.33. The molecule has 1 unspecified atom stereocenters. The van der Waals surface area contributed by atoms with Crippen LogP contribution in [0.1, 0.15) is 58.1 Å². The third-order valence-electron chi connectivity index (χ3n) is 7.49. The van der Waals surface area contributed by atoms with Crippen LogP contribution in [-0.4, -0.2) is 53.6 Å². The highest BCUT2D eigenvalue weighted by Gasteiger charge is 2.20. The van der Waals surface area contributed by atoms with Crippen LogP contribution in [0.25, 0.3) is 10.2 Å². The van der Waals surface area contributed by atoms with Crippen molar-refractivity contribution >= 4 is 39.1 Å². The van der Waals surface area contributed by atoms with E-state index in [0.717, 1.165) is 46.7 Å². The van der Waals surface area contributed by atoms with Crippen molar-refractivity contribution in [3.05, 3.63) is 104 Å². The van der Waals surface area contributed by atoms with E-state index in [0.29, 0.717) is 43.1 Å². The average molecular weight is 624 g/mol. The fourth-order valence-electron chi connectivity index (χ4n) is 5.21. The second-order valence-corrected chi connectivity index (χ2v) is 12.5. The molecule has 1 amide bonds. The van der Waals surface area contributed by atoms with Gasteiger partial charge in [0.1, 0.15) is 10.4 Å². The van der Waals surface area contributed by atoms with Gasteiger partial charge in [0, 0.05) is 48.9 Å². The van der Waals surface area contributed by atoms with Crippen molar-refractivity contribution in [3.63, 3.8) is 0 Å². The minimum absolute atomic E-state index is 0.107. The van der Waals surface area contributed by atoms with Gasteiger partial charge in [0.25, 0.3) is 5.91 Å². The van der Waals surface area contributed by atoms with Crippen LogP contribution >= 0.6 is 22.9 Å². The third-order valence-corrected chi connectivity index (χ3v) is 8.90. The summed E-state index contributed by atoms with van der Waals surface area (Å²) in [6.45, 7) is 3.13. The van der Waals surface area contributed by atoms with Crippen molar-refractivity contribution in [2.24, 2.45) is 0 Å². The number of nitrogens with one attached hydrogen (secondary N) is 1. The van der Waals surface area contributed by atoms with Crippen LogP contribution in [-0.2, 0) is 29.1 Å². The standard InChI is InChI=1S/C33H38ClN3O5S/c1-36(22-29(38)24-8-3-2-4-9-24)20-26-18-27-31(39)28(32(40)35-19-23-11-13-25(34)14-12-23)21-37(33(27)43-26)15-7-17-42-30-10-5-6-16-41-30/h2-4,8-9,11-14,18,21,29-30,38H,5-7,10,15-17,19-20,22H2,1H3,(H,35,40)/t29-,30?/m1/s1. The lowest BCUT2D eigenvalue weighted by atomic mass is 10.1. The lowest BCUT2D eigenvalue weighted by Crippen LogP contribution is -2.29. The second kappa shape index (κ2) is 15.1. The Bertz CT molecular complexity index is 1550. The lowest BCUT2D eigenvalue weighted by molar-refractivity contribution is -0.162. The highest BCUT2D eigenvalue weighted by Crippen LogP contribution is 2.26. The van der Waals surface area contributed by atoms with Crippen LogP contribution in [0, 0.1) is 0 Å². The van der Waals surface area contributed by atoms with Gasteiger partial charge in [-0.05, 0) is 62.1 Å². The minimum Gasteiger partial charge on any atom is -0.387 e. The van der Waals surface area contributed by atoms with Gasteiger partial charge in [-0.3, -0.25) is 14.5 Å². The molecule has 5 rings (SSSR count). The Morgan fingerprint density at radius 2 is 2.00 bits per heavy atom. The minimum atomic E-state index is -0.621. The summed E-state index contributed by atoms with van der Waals surface area (Å²) in [7, 11) is 1.95. The monoisotopic (exact) mass is 623 g/mol. The Kier molecular flexibility index (Phi) is 11.0. The van der Waals surface area contributed by atoms with Gasteiger partial charge in [-0.15, -0.1) is 11.3 Å². The lowest BCUT2D eigenvalue weighted by Gasteiger charge is -2.22. The number of nitrogens with zero attached hydrogens (tertiary/aromatic N) is 2. The fraction of sp³-hybridized carbons (Fsp3) is 0.394. The molecule has 0 aliphatic carbocycles. The number of aromatic nitrogens is 1. The number of carbonyl (C=O) groups is 1. The van der Waals surface area contributed by atoms with Crippen LogP contribution < -0.4 is 10.7 Å². The number of carbonyl (C=O) groups excluding carboxylic acids is 1. The molecule has 2 aromatic carbocycles. The number of hydrogen-bond donors (Lipinski definition) is 2. The molecule has 4 aromatic rings. The number of aliphatic hydroxyl groups is 1. The smallest absolute Gasteiger partial charge is 0.257 e. The van der Waals surface area contributed by atoms with Gasteiger partial charge in [0.2, 0.25) is 5.43 Å². The summed E-state index contributed by atoms with van der Waals surface area (Å²) in [5, 5.41) is 14.7. The number of benzene rings is 2. The third kappa shape index (κ3) is 8.53. The summed E-state index contributed by atoms with van der Waals surface area (Å²) < 4.78 is 13.6. The zero-order valence-corrected chi connectivity index (χ0v) is 25.9. The van der Waals surface area contributed by atoms with Gasteiger partial charge in [0.05, 0.1) is 18.1 Å². The van der Waals surface area contributed by atoms with Crippen molar-refractivity contribution in [2.45, 2.75) is 57.7 Å². The number of aryl methyl sites for hydroxylation is 1. The van der Waals surface area contributed by atoms with Crippen molar-refractivity contribution in [1.29, 1.82) is 0 Å². The Labute approximate surface area is 260 Å². The van der Waals surface area contributed by atoms with E-state index in [1.165, 1.54) is 11.3 Å². The molecule has 0 spiro atoms. The van der Waals surface area contributed by atoms with E-state index in [1.807, 2.05) is 65.0 Å². The van der Waals surface area contributed by atoms with E-state index in [9.17, 15) is 14.7 Å². The molecule has 1 saturated heterocycles. The first-order valence-corrected chi connectivity index (χ1v) is 15.9. The van der Waals surface area contributed by atoms with Gasteiger partial charge in [-0.2, -0.15) is 0 Å². The van der Waals surface area contributed by atoms with Crippen molar-refractivity contribution in [3.8, 4) is 0 Å². The van der Waals surface area contributed by atoms with Crippen LogP contribution in [0.15, 0.2) is 71.7 Å². The molecule has 228 valence electrons. The van der Waals surface area contributed by atoms with E-state index < -0.39 is 12.0 Å². The predicted octanol–water partition coefficient (Wildman–Crippen LogP) is 5.75. The van der Waals surface area contributed by atoms with Crippen molar-refractivity contribution in [1.82, 2.24) is 14.8 Å². The number of likely N-dealkylation sites (N-methyl/N-ethyl adjacent to an activating group) is 1. The van der Waals surface area contributed by atoms with Crippen LogP contribution in [0.2, 0.25) is 5.02 Å². The predicted molar refractivity (Wildman–Crippen MR) is 171 cm³/mol. The molecule has 0 saturated carbocycles. The molecule has 10 heteroatoms. The van der Waals surface area contributed by atoms with Gasteiger partial charge < -0.3 is 24.5 Å². The fourth-order valence-corrected chi connectivity index (χ4v) is 6.57. The van der Waals surface area contributed by atoms with Crippen molar-refractivity contribution in [2.75, 3.05) is 26.8 Å². The number of fused-ring (bicyclic) bond motifs is 1. The summed E-state index contributed by atoms with van der Waals surface area (Å²) in [5.74, 6) is -0.418. The molecule has 0 radical (unpaired) electrons. The molecular weight excluding hydrogens is 586 g/mol. The second-order valence-electron chi connectivity index (χ2n) is 10.9. The molecule has 1 aliphatic heterocycles.